The third kappa shape index (κ3) is 4.35. The van der Waals surface area contributed by atoms with Crippen molar-refractivity contribution >= 4 is 17.5 Å². The van der Waals surface area contributed by atoms with E-state index in [0.29, 0.717) is 11.3 Å². The first-order valence-electron chi connectivity index (χ1n) is 8.43. The molecule has 138 valence electrons. The summed E-state index contributed by atoms with van der Waals surface area (Å²) in [4.78, 5) is 24.6. The van der Waals surface area contributed by atoms with Gasteiger partial charge < -0.3 is 10.6 Å². The van der Waals surface area contributed by atoms with Crippen LogP contribution in [0.2, 0.25) is 0 Å². The molecule has 0 unspecified atom stereocenters. The molecule has 8 nitrogen and oxygen atoms in total. The zero-order valence-electron chi connectivity index (χ0n) is 15.4. The number of anilines is 1. The maximum atomic E-state index is 12.3. The van der Waals surface area contributed by atoms with Crippen LogP contribution in [0, 0.1) is 20.8 Å². The Balaban J connectivity index is 1.63. The summed E-state index contributed by atoms with van der Waals surface area (Å²) in [6, 6.07) is 10.8. The van der Waals surface area contributed by atoms with Crippen molar-refractivity contribution in [3.63, 3.8) is 0 Å². The average Bonchev–Trinajstić information content (AvgIpc) is 3.17. The molecular weight excluding hydrogens is 344 g/mol. The average molecular weight is 364 g/mol. The van der Waals surface area contributed by atoms with E-state index in [0.717, 1.165) is 22.4 Å². The summed E-state index contributed by atoms with van der Waals surface area (Å²) in [6.07, 6.45) is 1.44. The van der Waals surface area contributed by atoms with Crippen molar-refractivity contribution in [3.05, 3.63) is 65.0 Å². The normalized spacial score (nSPS) is 10.5. The van der Waals surface area contributed by atoms with Crippen molar-refractivity contribution in [2.75, 3.05) is 11.9 Å². The highest BCUT2D eigenvalue weighted by Gasteiger charge is 2.12. The summed E-state index contributed by atoms with van der Waals surface area (Å²) in [7, 11) is 0. The third-order valence-electron chi connectivity index (χ3n) is 4.07. The van der Waals surface area contributed by atoms with Crippen molar-refractivity contribution in [2.45, 2.75) is 20.8 Å². The lowest BCUT2D eigenvalue weighted by molar-refractivity contribution is -0.115. The maximum Gasteiger partial charge on any atom is 0.251 e. The fraction of sp³-hybridized carbons (Fsp3) is 0.211. The van der Waals surface area contributed by atoms with E-state index < -0.39 is 0 Å². The predicted molar refractivity (Wildman–Crippen MR) is 101 cm³/mol. The Hall–Kier alpha value is -3.55. The van der Waals surface area contributed by atoms with Crippen LogP contribution in [-0.4, -0.2) is 38.6 Å². The second kappa shape index (κ2) is 7.77. The maximum absolute atomic E-state index is 12.3. The molecule has 1 aromatic heterocycles. The molecule has 8 heteroatoms. The molecule has 0 atom stereocenters. The number of benzene rings is 2. The van der Waals surface area contributed by atoms with Crippen LogP contribution >= 0.6 is 0 Å². The third-order valence-corrected chi connectivity index (χ3v) is 4.07. The molecular formula is C19H20N6O2. The van der Waals surface area contributed by atoms with E-state index >= 15 is 0 Å². The predicted octanol–water partition coefficient (Wildman–Crippen LogP) is 1.96. The van der Waals surface area contributed by atoms with E-state index in [1.54, 1.807) is 24.3 Å². The van der Waals surface area contributed by atoms with Gasteiger partial charge in [0.2, 0.25) is 5.91 Å². The molecule has 0 radical (unpaired) electrons. The molecule has 0 bridgehead atoms. The van der Waals surface area contributed by atoms with E-state index in [1.807, 2.05) is 32.9 Å². The molecule has 0 saturated carbocycles. The van der Waals surface area contributed by atoms with Crippen LogP contribution in [0.1, 0.15) is 27.0 Å². The lowest BCUT2D eigenvalue weighted by Gasteiger charge is -2.13. The molecule has 2 amide bonds. The van der Waals surface area contributed by atoms with Gasteiger partial charge in [-0.3, -0.25) is 9.59 Å². The number of carbonyl (C=O) groups is 2. The summed E-state index contributed by atoms with van der Waals surface area (Å²) in [5.74, 6) is -0.632. The van der Waals surface area contributed by atoms with E-state index in [1.165, 1.54) is 11.0 Å². The van der Waals surface area contributed by atoms with E-state index in [4.69, 9.17) is 0 Å². The van der Waals surface area contributed by atoms with Gasteiger partial charge >= 0.3 is 0 Å². The number of hydrogen-bond acceptors (Lipinski definition) is 5. The van der Waals surface area contributed by atoms with Gasteiger partial charge in [-0.2, -0.15) is 0 Å². The molecule has 27 heavy (non-hydrogen) atoms. The van der Waals surface area contributed by atoms with Crippen molar-refractivity contribution in [3.8, 4) is 5.69 Å². The summed E-state index contributed by atoms with van der Waals surface area (Å²) in [5, 5.41) is 16.4. The number of rotatable bonds is 5. The number of nitrogens with zero attached hydrogens (tertiary/aromatic N) is 4. The molecule has 0 aliphatic carbocycles. The van der Waals surface area contributed by atoms with Gasteiger partial charge in [-0.25, -0.2) is 4.68 Å². The minimum Gasteiger partial charge on any atom is -0.343 e. The fourth-order valence-corrected chi connectivity index (χ4v) is 2.89. The topological polar surface area (TPSA) is 102 Å². The SMILES string of the molecule is Cc1cc(C)c(NC(=O)CNC(=O)c2cccc(-n3cnnn3)c2)c(C)c1. The Labute approximate surface area is 156 Å². The number of aromatic nitrogens is 4. The highest BCUT2D eigenvalue weighted by molar-refractivity contribution is 6.00. The van der Waals surface area contributed by atoms with Gasteiger partial charge in [0, 0.05) is 11.3 Å². The Morgan fingerprint density at radius 1 is 1.07 bits per heavy atom. The highest BCUT2D eigenvalue weighted by atomic mass is 16.2. The van der Waals surface area contributed by atoms with Gasteiger partial charge in [-0.15, -0.1) is 5.10 Å². The first-order chi connectivity index (χ1) is 12.9. The number of hydrogen-bond donors (Lipinski definition) is 2. The summed E-state index contributed by atoms with van der Waals surface area (Å²) < 4.78 is 1.45. The fourth-order valence-electron chi connectivity index (χ4n) is 2.89. The monoisotopic (exact) mass is 364 g/mol. The first-order valence-corrected chi connectivity index (χ1v) is 8.43. The molecule has 0 fully saturated rings. The van der Waals surface area contributed by atoms with Crippen LogP contribution < -0.4 is 10.6 Å². The van der Waals surface area contributed by atoms with Gasteiger partial charge in [0.05, 0.1) is 12.2 Å². The first kappa shape index (κ1) is 18.2. The van der Waals surface area contributed by atoms with Crippen LogP contribution in [-0.2, 0) is 4.79 Å². The van der Waals surface area contributed by atoms with Crippen LogP contribution in [0.15, 0.2) is 42.7 Å². The lowest BCUT2D eigenvalue weighted by atomic mass is 10.1. The quantitative estimate of drug-likeness (QED) is 0.720. The molecule has 0 saturated heterocycles. The number of nitrogens with one attached hydrogen (secondary N) is 2. The van der Waals surface area contributed by atoms with Crippen molar-refractivity contribution < 1.29 is 9.59 Å². The molecule has 3 rings (SSSR count). The van der Waals surface area contributed by atoms with Gasteiger partial charge in [0.1, 0.15) is 6.33 Å². The van der Waals surface area contributed by atoms with Crippen molar-refractivity contribution in [1.82, 2.24) is 25.5 Å². The zero-order chi connectivity index (χ0) is 19.4. The summed E-state index contributed by atoms with van der Waals surface area (Å²) in [6.45, 7) is 5.77. The summed E-state index contributed by atoms with van der Waals surface area (Å²) >= 11 is 0. The Morgan fingerprint density at radius 3 is 2.48 bits per heavy atom. The molecule has 2 aromatic carbocycles. The van der Waals surface area contributed by atoms with E-state index in [-0.39, 0.29) is 18.4 Å². The van der Waals surface area contributed by atoms with Crippen molar-refractivity contribution in [1.29, 1.82) is 0 Å². The lowest BCUT2D eigenvalue weighted by Crippen LogP contribution is -2.33. The van der Waals surface area contributed by atoms with Crippen LogP contribution in [0.4, 0.5) is 5.69 Å². The van der Waals surface area contributed by atoms with Crippen LogP contribution in [0.3, 0.4) is 0 Å². The second-order valence-electron chi connectivity index (χ2n) is 6.31. The Bertz CT molecular complexity index is 959. The molecule has 0 spiro atoms. The van der Waals surface area contributed by atoms with Gasteiger partial charge in [0.15, 0.2) is 0 Å². The largest absolute Gasteiger partial charge is 0.343 e. The number of carbonyl (C=O) groups excluding carboxylic acids is 2. The molecule has 2 N–H and O–H groups in total. The van der Waals surface area contributed by atoms with Crippen molar-refractivity contribution in [2.24, 2.45) is 0 Å². The molecule has 3 aromatic rings. The highest BCUT2D eigenvalue weighted by Crippen LogP contribution is 2.21. The van der Waals surface area contributed by atoms with Gasteiger partial charge in [0.25, 0.3) is 5.91 Å². The number of tetrazole rings is 1. The second-order valence-corrected chi connectivity index (χ2v) is 6.31. The Kier molecular flexibility index (Phi) is 5.25. The smallest absolute Gasteiger partial charge is 0.251 e. The van der Waals surface area contributed by atoms with Crippen LogP contribution in [0.25, 0.3) is 5.69 Å². The molecule has 0 aliphatic heterocycles. The Morgan fingerprint density at radius 2 is 1.81 bits per heavy atom. The molecule has 0 aliphatic rings. The molecule has 1 heterocycles. The standard InChI is InChI=1S/C19H20N6O2/c1-12-7-13(2)18(14(3)8-12)22-17(26)10-20-19(27)15-5-4-6-16(9-15)25-11-21-23-24-25/h4-9,11H,10H2,1-3H3,(H,20,27)(H,22,26). The minimum atomic E-state index is -0.350. The van der Waals surface area contributed by atoms with Gasteiger partial charge in [-0.05, 0) is 60.5 Å². The van der Waals surface area contributed by atoms with E-state index in [2.05, 4.69) is 26.2 Å². The van der Waals surface area contributed by atoms with Crippen LogP contribution in [0.5, 0.6) is 0 Å². The summed E-state index contributed by atoms with van der Waals surface area (Å²) in [5.41, 5.74) is 4.96. The zero-order valence-corrected chi connectivity index (χ0v) is 15.4. The number of amides is 2. The van der Waals surface area contributed by atoms with E-state index in [9.17, 15) is 9.59 Å². The number of aryl methyl sites for hydroxylation is 3. The minimum absolute atomic E-state index is 0.124. The van der Waals surface area contributed by atoms with Gasteiger partial charge in [-0.1, -0.05) is 23.8 Å².